The fraction of sp³-hybridized carbons (Fsp3) is 0.923. The van der Waals surface area contributed by atoms with Gasteiger partial charge in [-0.05, 0) is 59.4 Å². The van der Waals surface area contributed by atoms with E-state index in [-0.39, 0.29) is 5.97 Å². The molecule has 0 aliphatic rings. The first-order valence-corrected chi connectivity index (χ1v) is 6.68. The van der Waals surface area contributed by atoms with Crippen LogP contribution < -0.4 is 5.32 Å². The Hall–Kier alpha value is -0.610. The second-order valence-corrected chi connectivity index (χ2v) is 4.58. The zero-order valence-corrected chi connectivity index (χ0v) is 11.6. The zero-order valence-electron chi connectivity index (χ0n) is 11.6. The molecule has 0 spiro atoms. The van der Waals surface area contributed by atoms with E-state index in [1.807, 2.05) is 6.92 Å². The minimum Gasteiger partial charge on any atom is -0.466 e. The van der Waals surface area contributed by atoms with Gasteiger partial charge in [0, 0.05) is 6.42 Å². The van der Waals surface area contributed by atoms with Gasteiger partial charge in [-0.15, -0.1) is 0 Å². The maximum Gasteiger partial charge on any atom is 0.305 e. The SMILES string of the molecule is CCCOC(=O)CCCCNCCCN(C)C. The molecular weight excluding hydrogens is 216 g/mol. The van der Waals surface area contributed by atoms with Gasteiger partial charge in [-0.25, -0.2) is 0 Å². The minimum absolute atomic E-state index is 0.0561. The highest BCUT2D eigenvalue weighted by atomic mass is 16.5. The van der Waals surface area contributed by atoms with Gasteiger partial charge in [-0.2, -0.15) is 0 Å². The van der Waals surface area contributed by atoms with E-state index in [1.165, 1.54) is 6.42 Å². The van der Waals surface area contributed by atoms with Crippen LogP contribution in [0.5, 0.6) is 0 Å². The summed E-state index contributed by atoms with van der Waals surface area (Å²) in [7, 11) is 4.17. The van der Waals surface area contributed by atoms with Gasteiger partial charge in [-0.3, -0.25) is 4.79 Å². The number of nitrogens with zero attached hydrogens (tertiary/aromatic N) is 1. The number of rotatable bonds is 11. The molecule has 4 nitrogen and oxygen atoms in total. The summed E-state index contributed by atoms with van der Waals surface area (Å²) in [4.78, 5) is 13.3. The van der Waals surface area contributed by atoms with Crippen LogP contribution in [0.25, 0.3) is 0 Å². The molecule has 0 amide bonds. The number of carbonyl (C=O) groups is 1. The van der Waals surface area contributed by atoms with Gasteiger partial charge in [0.25, 0.3) is 0 Å². The Morgan fingerprint density at radius 1 is 1.18 bits per heavy atom. The summed E-state index contributed by atoms with van der Waals surface area (Å²) in [5.74, 6) is -0.0561. The zero-order chi connectivity index (χ0) is 12.9. The Labute approximate surface area is 106 Å². The topological polar surface area (TPSA) is 41.6 Å². The van der Waals surface area contributed by atoms with Crippen molar-refractivity contribution in [1.29, 1.82) is 0 Å². The molecule has 0 aromatic carbocycles. The molecule has 0 radical (unpaired) electrons. The third-order valence-corrected chi connectivity index (χ3v) is 2.41. The number of esters is 1. The van der Waals surface area contributed by atoms with E-state index in [0.717, 1.165) is 38.9 Å². The van der Waals surface area contributed by atoms with Crippen LogP contribution in [0, 0.1) is 0 Å². The van der Waals surface area contributed by atoms with Gasteiger partial charge in [-0.1, -0.05) is 6.92 Å². The number of carbonyl (C=O) groups excluding carboxylic acids is 1. The van der Waals surface area contributed by atoms with Crippen LogP contribution in [-0.2, 0) is 9.53 Å². The molecule has 1 N–H and O–H groups in total. The van der Waals surface area contributed by atoms with Crippen LogP contribution >= 0.6 is 0 Å². The van der Waals surface area contributed by atoms with E-state index in [0.29, 0.717) is 13.0 Å². The Morgan fingerprint density at radius 3 is 2.53 bits per heavy atom. The number of nitrogens with one attached hydrogen (secondary N) is 1. The van der Waals surface area contributed by atoms with Crippen molar-refractivity contribution in [2.24, 2.45) is 0 Å². The Kier molecular flexibility index (Phi) is 11.4. The van der Waals surface area contributed by atoms with Crippen LogP contribution in [0.3, 0.4) is 0 Å². The molecule has 0 aliphatic heterocycles. The summed E-state index contributed by atoms with van der Waals surface area (Å²) in [6.45, 7) is 5.73. The van der Waals surface area contributed by atoms with Gasteiger partial charge >= 0.3 is 5.97 Å². The molecule has 4 heteroatoms. The number of hydrogen-bond acceptors (Lipinski definition) is 4. The van der Waals surface area contributed by atoms with E-state index in [4.69, 9.17) is 4.74 Å². The van der Waals surface area contributed by atoms with Gasteiger partial charge < -0.3 is 15.0 Å². The van der Waals surface area contributed by atoms with Crippen molar-refractivity contribution in [2.75, 3.05) is 40.3 Å². The molecule has 0 rings (SSSR count). The molecule has 0 aliphatic carbocycles. The van der Waals surface area contributed by atoms with Crippen LogP contribution in [0.1, 0.15) is 39.0 Å². The average molecular weight is 244 g/mol. The lowest BCUT2D eigenvalue weighted by Crippen LogP contribution is -2.22. The lowest BCUT2D eigenvalue weighted by Gasteiger charge is -2.09. The predicted octanol–water partition coefficient (Wildman–Crippen LogP) is 1.65. The number of hydrogen-bond donors (Lipinski definition) is 1. The van der Waals surface area contributed by atoms with Crippen molar-refractivity contribution in [3.8, 4) is 0 Å². The van der Waals surface area contributed by atoms with Crippen molar-refractivity contribution in [3.63, 3.8) is 0 Å². The third kappa shape index (κ3) is 13.3. The Balaban J connectivity index is 3.10. The molecule has 0 aromatic heterocycles. The fourth-order valence-corrected chi connectivity index (χ4v) is 1.45. The monoisotopic (exact) mass is 244 g/mol. The highest BCUT2D eigenvalue weighted by Gasteiger charge is 2.00. The van der Waals surface area contributed by atoms with Crippen molar-refractivity contribution >= 4 is 5.97 Å². The fourth-order valence-electron chi connectivity index (χ4n) is 1.45. The molecular formula is C13H28N2O2. The van der Waals surface area contributed by atoms with Gasteiger partial charge in [0.05, 0.1) is 6.61 Å². The van der Waals surface area contributed by atoms with Gasteiger partial charge in [0.2, 0.25) is 0 Å². The summed E-state index contributed by atoms with van der Waals surface area (Å²) in [5.41, 5.74) is 0. The first-order valence-electron chi connectivity index (χ1n) is 6.68. The van der Waals surface area contributed by atoms with Crippen molar-refractivity contribution in [3.05, 3.63) is 0 Å². The summed E-state index contributed by atoms with van der Waals surface area (Å²) in [6.07, 6.45) is 4.59. The maximum absolute atomic E-state index is 11.2. The van der Waals surface area contributed by atoms with Gasteiger partial charge in [0.15, 0.2) is 0 Å². The van der Waals surface area contributed by atoms with Gasteiger partial charge in [0.1, 0.15) is 0 Å². The standard InChI is InChI=1S/C13H28N2O2/c1-4-12-17-13(16)8-5-6-9-14-10-7-11-15(2)3/h14H,4-12H2,1-3H3. The van der Waals surface area contributed by atoms with E-state index < -0.39 is 0 Å². The summed E-state index contributed by atoms with van der Waals surface area (Å²) in [5, 5.41) is 3.38. The first-order chi connectivity index (χ1) is 8.16. The van der Waals surface area contributed by atoms with Crippen molar-refractivity contribution in [1.82, 2.24) is 10.2 Å². The smallest absolute Gasteiger partial charge is 0.305 e. The highest BCUT2D eigenvalue weighted by Crippen LogP contribution is 1.97. The van der Waals surface area contributed by atoms with E-state index in [1.54, 1.807) is 0 Å². The molecule has 0 saturated carbocycles. The Morgan fingerprint density at radius 2 is 1.88 bits per heavy atom. The molecule has 17 heavy (non-hydrogen) atoms. The number of unbranched alkanes of at least 4 members (excludes halogenated alkanes) is 1. The lowest BCUT2D eigenvalue weighted by atomic mass is 10.2. The van der Waals surface area contributed by atoms with Crippen LogP contribution in [0.4, 0.5) is 0 Å². The maximum atomic E-state index is 11.2. The second kappa shape index (κ2) is 11.9. The van der Waals surface area contributed by atoms with Crippen molar-refractivity contribution in [2.45, 2.75) is 39.0 Å². The third-order valence-electron chi connectivity index (χ3n) is 2.41. The number of ether oxygens (including phenoxy) is 1. The summed E-state index contributed by atoms with van der Waals surface area (Å²) >= 11 is 0. The van der Waals surface area contributed by atoms with Crippen LogP contribution in [-0.4, -0.2) is 51.2 Å². The molecule has 0 bridgehead atoms. The minimum atomic E-state index is -0.0561. The molecule has 0 saturated heterocycles. The molecule has 0 heterocycles. The lowest BCUT2D eigenvalue weighted by molar-refractivity contribution is -0.143. The largest absolute Gasteiger partial charge is 0.466 e. The summed E-state index contributed by atoms with van der Waals surface area (Å²) < 4.78 is 5.00. The normalized spacial score (nSPS) is 10.8. The molecule has 102 valence electrons. The van der Waals surface area contributed by atoms with E-state index in [9.17, 15) is 4.79 Å². The van der Waals surface area contributed by atoms with E-state index in [2.05, 4.69) is 24.3 Å². The summed E-state index contributed by atoms with van der Waals surface area (Å²) in [6, 6.07) is 0. The second-order valence-electron chi connectivity index (χ2n) is 4.58. The predicted molar refractivity (Wildman–Crippen MR) is 71.1 cm³/mol. The molecule has 0 unspecified atom stereocenters. The van der Waals surface area contributed by atoms with Crippen LogP contribution in [0.2, 0.25) is 0 Å². The molecule has 0 aromatic rings. The quantitative estimate of drug-likeness (QED) is 0.443. The molecule has 0 fully saturated rings. The van der Waals surface area contributed by atoms with Crippen LogP contribution in [0.15, 0.2) is 0 Å². The average Bonchev–Trinajstić information content (AvgIpc) is 2.29. The highest BCUT2D eigenvalue weighted by molar-refractivity contribution is 5.69. The molecule has 0 atom stereocenters. The first kappa shape index (κ1) is 16.4. The Bertz CT molecular complexity index is 184. The van der Waals surface area contributed by atoms with Crippen molar-refractivity contribution < 1.29 is 9.53 Å². The van der Waals surface area contributed by atoms with E-state index >= 15 is 0 Å².